The fraction of sp³-hybridized carbons (Fsp3) is 0.688. The summed E-state index contributed by atoms with van der Waals surface area (Å²) in [6, 6.07) is 5.69. The minimum Gasteiger partial charge on any atom is -0.348 e. The molecule has 1 N–H and O–H groups in total. The first-order chi connectivity index (χ1) is 10.2. The molecule has 6 heteroatoms. The van der Waals surface area contributed by atoms with Crippen molar-refractivity contribution in [1.82, 2.24) is 9.71 Å². The van der Waals surface area contributed by atoms with E-state index < -0.39 is 16.8 Å². The summed E-state index contributed by atoms with van der Waals surface area (Å²) in [5, 5.41) is 0. The van der Waals surface area contributed by atoms with Gasteiger partial charge >= 0.3 is 0 Å². The van der Waals surface area contributed by atoms with Gasteiger partial charge in [0.2, 0.25) is 0 Å². The number of pyridine rings is 1. The van der Waals surface area contributed by atoms with Crippen molar-refractivity contribution in [2.75, 3.05) is 6.61 Å². The fourth-order valence-electron chi connectivity index (χ4n) is 2.22. The molecule has 1 aliphatic rings. The standard InChI is InChI=1S/C16H26N2O3S/c1-15(2,3)22(19)18-13(10-12-8-6-7-9-17-12)14-11-20-16(4,5)21-14/h6-9,13-14,18H,10-11H2,1-5H3/t13-,14+,22?/m1/s1. The summed E-state index contributed by atoms with van der Waals surface area (Å²) in [6.45, 7) is 10.1. The summed E-state index contributed by atoms with van der Waals surface area (Å²) in [5.74, 6) is -0.599. The van der Waals surface area contributed by atoms with Gasteiger partial charge < -0.3 is 9.47 Å². The van der Waals surface area contributed by atoms with Crippen LogP contribution in [0.3, 0.4) is 0 Å². The first kappa shape index (κ1) is 17.5. The molecule has 3 atom stereocenters. The molecule has 0 radical (unpaired) electrons. The van der Waals surface area contributed by atoms with Crippen molar-refractivity contribution in [3.05, 3.63) is 30.1 Å². The molecule has 0 saturated carbocycles. The maximum absolute atomic E-state index is 12.5. The normalized spacial score (nSPS) is 24.1. The molecule has 1 aliphatic heterocycles. The molecular weight excluding hydrogens is 300 g/mol. The highest BCUT2D eigenvalue weighted by molar-refractivity contribution is 7.84. The van der Waals surface area contributed by atoms with E-state index in [1.165, 1.54) is 0 Å². The zero-order valence-corrected chi connectivity index (χ0v) is 14.8. The lowest BCUT2D eigenvalue weighted by Gasteiger charge is -2.28. The van der Waals surface area contributed by atoms with Gasteiger partial charge in [-0.3, -0.25) is 4.98 Å². The van der Waals surface area contributed by atoms with Crippen LogP contribution in [0, 0.1) is 0 Å². The van der Waals surface area contributed by atoms with Gasteiger partial charge in [-0.05, 0) is 46.8 Å². The zero-order valence-electron chi connectivity index (χ0n) is 14.0. The topological polar surface area (TPSA) is 60.5 Å². The second-order valence-corrected chi connectivity index (χ2v) is 9.00. The van der Waals surface area contributed by atoms with Crippen molar-refractivity contribution in [3.63, 3.8) is 0 Å². The van der Waals surface area contributed by atoms with Gasteiger partial charge in [-0.25, -0.2) is 8.93 Å². The van der Waals surface area contributed by atoms with Crippen molar-refractivity contribution in [1.29, 1.82) is 0 Å². The molecule has 5 nitrogen and oxygen atoms in total. The van der Waals surface area contributed by atoms with Crippen molar-refractivity contribution in [2.45, 2.75) is 63.7 Å². The average molecular weight is 326 g/mol. The van der Waals surface area contributed by atoms with Gasteiger partial charge in [0.1, 0.15) is 6.10 Å². The van der Waals surface area contributed by atoms with Crippen LogP contribution in [-0.2, 0) is 26.9 Å². The first-order valence-corrected chi connectivity index (χ1v) is 8.72. The molecule has 2 rings (SSSR count). The molecule has 0 spiro atoms. The minimum atomic E-state index is -1.18. The monoisotopic (exact) mass is 326 g/mol. The lowest BCUT2D eigenvalue weighted by atomic mass is 10.1. The van der Waals surface area contributed by atoms with Gasteiger partial charge in [-0.1, -0.05) is 6.07 Å². The summed E-state index contributed by atoms with van der Waals surface area (Å²) in [5.41, 5.74) is 0.944. The summed E-state index contributed by atoms with van der Waals surface area (Å²) in [7, 11) is -1.18. The molecule has 1 saturated heterocycles. The molecule has 0 aliphatic carbocycles. The van der Waals surface area contributed by atoms with E-state index in [1.807, 2.05) is 52.8 Å². The molecule has 2 heterocycles. The van der Waals surface area contributed by atoms with Crippen LogP contribution in [0.5, 0.6) is 0 Å². The summed E-state index contributed by atoms with van der Waals surface area (Å²) >= 11 is 0. The second-order valence-electron chi connectivity index (χ2n) is 7.00. The molecule has 22 heavy (non-hydrogen) atoms. The highest BCUT2D eigenvalue weighted by Gasteiger charge is 2.39. The molecule has 124 valence electrons. The van der Waals surface area contributed by atoms with Crippen LogP contribution < -0.4 is 4.72 Å². The maximum atomic E-state index is 12.5. The van der Waals surface area contributed by atoms with Crippen LogP contribution in [-0.4, -0.2) is 38.5 Å². The van der Waals surface area contributed by atoms with Crippen LogP contribution in [0.25, 0.3) is 0 Å². The predicted molar refractivity (Wildman–Crippen MR) is 87.7 cm³/mol. The Labute approximate surface area is 135 Å². The van der Waals surface area contributed by atoms with Crippen molar-refractivity contribution < 1.29 is 13.7 Å². The molecule has 1 aromatic rings. The van der Waals surface area contributed by atoms with E-state index in [1.54, 1.807) is 6.20 Å². The number of nitrogens with zero attached hydrogens (tertiary/aromatic N) is 1. The highest BCUT2D eigenvalue weighted by Crippen LogP contribution is 2.26. The van der Waals surface area contributed by atoms with Crippen LogP contribution in [0.2, 0.25) is 0 Å². The Hall–Kier alpha value is -0.820. The zero-order chi connectivity index (χ0) is 16.4. The number of aromatic nitrogens is 1. The average Bonchev–Trinajstić information content (AvgIpc) is 2.78. The molecule has 1 aromatic heterocycles. The third-order valence-corrected chi connectivity index (χ3v) is 5.08. The number of ether oxygens (including phenoxy) is 2. The van der Waals surface area contributed by atoms with E-state index in [0.717, 1.165) is 5.69 Å². The van der Waals surface area contributed by atoms with Gasteiger partial charge in [-0.2, -0.15) is 0 Å². The van der Waals surface area contributed by atoms with Gasteiger partial charge in [0.25, 0.3) is 0 Å². The lowest BCUT2D eigenvalue weighted by molar-refractivity contribution is -0.141. The predicted octanol–water partition coefficient (Wildman–Crippen LogP) is 2.20. The number of rotatable bonds is 5. The molecular formula is C16H26N2O3S. The highest BCUT2D eigenvalue weighted by atomic mass is 32.2. The summed E-state index contributed by atoms with van der Waals surface area (Å²) in [4.78, 5) is 4.36. The molecule has 0 aromatic carbocycles. The van der Waals surface area contributed by atoms with Crippen LogP contribution in [0.4, 0.5) is 0 Å². The second kappa shape index (κ2) is 6.74. The van der Waals surface area contributed by atoms with E-state index in [2.05, 4.69) is 9.71 Å². The quantitative estimate of drug-likeness (QED) is 0.901. The molecule has 1 fully saturated rings. The van der Waals surface area contributed by atoms with E-state index in [9.17, 15) is 4.21 Å². The van der Waals surface area contributed by atoms with Crippen molar-refractivity contribution in [2.24, 2.45) is 0 Å². The Balaban J connectivity index is 2.12. The number of hydrogen-bond donors (Lipinski definition) is 1. The van der Waals surface area contributed by atoms with Crippen LogP contribution in [0.1, 0.15) is 40.3 Å². The van der Waals surface area contributed by atoms with Crippen LogP contribution in [0.15, 0.2) is 24.4 Å². The van der Waals surface area contributed by atoms with E-state index in [0.29, 0.717) is 13.0 Å². The van der Waals surface area contributed by atoms with Crippen LogP contribution >= 0.6 is 0 Å². The number of nitrogens with one attached hydrogen (secondary N) is 1. The Morgan fingerprint density at radius 2 is 2.18 bits per heavy atom. The minimum absolute atomic E-state index is 0.114. The van der Waals surface area contributed by atoms with Crippen molar-refractivity contribution in [3.8, 4) is 0 Å². The third-order valence-electron chi connectivity index (χ3n) is 3.45. The first-order valence-electron chi connectivity index (χ1n) is 7.57. The van der Waals surface area contributed by atoms with Gasteiger partial charge in [-0.15, -0.1) is 0 Å². The smallest absolute Gasteiger partial charge is 0.163 e. The Bertz CT molecular complexity index is 514. The fourth-order valence-corrected chi connectivity index (χ4v) is 3.08. The lowest BCUT2D eigenvalue weighted by Crippen LogP contribution is -2.48. The van der Waals surface area contributed by atoms with Crippen molar-refractivity contribution >= 4 is 11.0 Å². The Morgan fingerprint density at radius 3 is 2.68 bits per heavy atom. The van der Waals surface area contributed by atoms with Gasteiger partial charge in [0, 0.05) is 18.3 Å². The summed E-state index contributed by atoms with van der Waals surface area (Å²) < 4.78 is 26.9. The van der Waals surface area contributed by atoms with E-state index in [-0.39, 0.29) is 16.9 Å². The maximum Gasteiger partial charge on any atom is 0.163 e. The SMILES string of the molecule is CC1(C)OC[C@@H]([C@@H](Cc2ccccn2)NS(=O)C(C)(C)C)O1. The van der Waals surface area contributed by atoms with Gasteiger partial charge in [0.15, 0.2) is 5.79 Å². The van der Waals surface area contributed by atoms with E-state index >= 15 is 0 Å². The molecule has 0 amide bonds. The Kier molecular flexibility index (Phi) is 5.37. The van der Waals surface area contributed by atoms with Gasteiger partial charge in [0.05, 0.1) is 28.4 Å². The summed E-state index contributed by atoms with van der Waals surface area (Å²) in [6.07, 6.45) is 2.26. The van der Waals surface area contributed by atoms with E-state index in [4.69, 9.17) is 9.47 Å². The third kappa shape index (κ3) is 4.84. The largest absolute Gasteiger partial charge is 0.348 e. The number of hydrogen-bond acceptors (Lipinski definition) is 4. The molecule has 0 bridgehead atoms. The Morgan fingerprint density at radius 1 is 1.45 bits per heavy atom. The molecule has 1 unspecified atom stereocenters.